The highest BCUT2D eigenvalue weighted by Gasteiger charge is 2.43. The molecule has 0 spiro atoms. The number of anilines is 1. The molecule has 3 N–H and O–H groups in total. The Morgan fingerprint density at radius 3 is 2.11 bits per heavy atom. The third kappa shape index (κ3) is 10.9. The van der Waals surface area contributed by atoms with Gasteiger partial charge in [-0.1, -0.05) is 48.0 Å². The van der Waals surface area contributed by atoms with Gasteiger partial charge < -0.3 is 25.2 Å². The molecule has 0 saturated carbocycles. The number of carbonyl (C=O) groups excluding carboxylic acids is 3. The first-order valence-corrected chi connectivity index (χ1v) is 15.9. The molecule has 0 atom stereocenters. The molecule has 2 aliphatic rings. The van der Waals surface area contributed by atoms with Gasteiger partial charge in [-0.2, -0.15) is 4.99 Å². The zero-order valence-corrected chi connectivity index (χ0v) is 29.4. The van der Waals surface area contributed by atoms with Crippen LogP contribution in [0.15, 0.2) is 34.5 Å². The number of piperazine rings is 1. The van der Waals surface area contributed by atoms with Gasteiger partial charge in [0.15, 0.2) is 0 Å². The summed E-state index contributed by atoms with van der Waals surface area (Å²) < 4.78 is 5.01. The van der Waals surface area contributed by atoms with Crippen LogP contribution in [-0.4, -0.2) is 85.5 Å². The molecule has 3 amide bonds. The minimum absolute atomic E-state index is 0.0422. The molecule has 0 radical (unpaired) electrons. The molecule has 10 heteroatoms. The van der Waals surface area contributed by atoms with Crippen LogP contribution in [0.4, 0.5) is 10.5 Å². The summed E-state index contributed by atoms with van der Waals surface area (Å²) in [6.45, 7) is 25.9. The van der Waals surface area contributed by atoms with E-state index in [1.807, 2.05) is 32.9 Å². The Morgan fingerprint density at radius 2 is 1.66 bits per heavy atom. The zero-order valence-electron chi connectivity index (χ0n) is 29.4. The van der Waals surface area contributed by atoms with E-state index in [0.29, 0.717) is 22.2 Å². The van der Waals surface area contributed by atoms with Crippen LogP contribution in [0.3, 0.4) is 0 Å². The Morgan fingerprint density at radius 1 is 1.07 bits per heavy atom. The number of hydrogen-bond donors (Lipinski definition) is 2. The van der Waals surface area contributed by atoms with Gasteiger partial charge in [-0.05, 0) is 70.3 Å². The smallest absolute Gasteiger partial charge is 0.411 e. The van der Waals surface area contributed by atoms with Crippen molar-refractivity contribution in [2.45, 2.75) is 94.5 Å². The molecule has 44 heavy (non-hydrogen) atoms. The van der Waals surface area contributed by atoms with E-state index in [4.69, 9.17) is 10.5 Å². The lowest BCUT2D eigenvalue weighted by Crippen LogP contribution is -2.47. The lowest BCUT2D eigenvalue weighted by molar-refractivity contribution is -0.131. The van der Waals surface area contributed by atoms with Crippen molar-refractivity contribution in [2.24, 2.45) is 16.1 Å². The molecule has 10 nitrogen and oxygen atoms in total. The van der Waals surface area contributed by atoms with E-state index in [2.05, 4.69) is 54.9 Å². The van der Waals surface area contributed by atoms with Crippen LogP contribution in [0.1, 0.15) is 98.0 Å². The third-order valence-corrected chi connectivity index (χ3v) is 7.61. The number of hydrogen-bond acceptors (Lipinski definition) is 6. The largest absolute Gasteiger partial charge is 0.450 e. The van der Waals surface area contributed by atoms with E-state index in [0.717, 1.165) is 37.4 Å². The van der Waals surface area contributed by atoms with Crippen LogP contribution in [0.5, 0.6) is 0 Å². The summed E-state index contributed by atoms with van der Waals surface area (Å²) >= 11 is 0. The monoisotopic (exact) mass is 614 g/mol. The fourth-order valence-corrected chi connectivity index (χ4v) is 5.33. The van der Waals surface area contributed by atoms with Crippen molar-refractivity contribution in [3.63, 3.8) is 0 Å². The van der Waals surface area contributed by atoms with Gasteiger partial charge in [0.1, 0.15) is 5.84 Å². The highest BCUT2D eigenvalue weighted by Crippen LogP contribution is 2.33. The minimum atomic E-state index is -0.863. The summed E-state index contributed by atoms with van der Waals surface area (Å²) in [6, 6.07) is 5.52. The number of rotatable bonds is 6. The van der Waals surface area contributed by atoms with Gasteiger partial charge in [0.05, 0.1) is 24.4 Å². The Hall–Kier alpha value is -3.40. The summed E-state index contributed by atoms with van der Waals surface area (Å²) in [6.07, 6.45) is 1.99. The molecule has 0 unspecified atom stereocenters. The maximum absolute atomic E-state index is 13.0. The van der Waals surface area contributed by atoms with Crippen molar-refractivity contribution in [2.75, 3.05) is 51.3 Å². The number of aliphatic imine (C=N–C) groups is 1. The number of ether oxygens (including phenoxy) is 1. The van der Waals surface area contributed by atoms with Gasteiger partial charge >= 0.3 is 6.09 Å². The molecule has 248 valence electrons. The Kier molecular flexibility index (Phi) is 15.1. The number of alkyl carbamates (subject to hydrolysis) is 1. The number of likely N-dealkylation sites (N-methyl/N-ethyl adjacent to an activating group) is 1. The molecule has 1 aromatic rings. The molecule has 1 fully saturated rings. The second kappa shape index (κ2) is 17.2. The van der Waals surface area contributed by atoms with Crippen LogP contribution in [0.2, 0.25) is 0 Å². The number of aryl methyl sites for hydroxylation is 1. The first kappa shape index (κ1) is 38.6. The molecule has 0 aromatic heterocycles. The van der Waals surface area contributed by atoms with Gasteiger partial charge in [0.25, 0.3) is 5.91 Å². The number of amides is 3. The number of nitrogens with zero attached hydrogens (tertiary/aromatic N) is 4. The van der Waals surface area contributed by atoms with E-state index in [9.17, 15) is 14.4 Å². The zero-order chi connectivity index (χ0) is 33.8. The van der Waals surface area contributed by atoms with Crippen molar-refractivity contribution >= 4 is 29.4 Å². The number of amidine groups is 1. The summed E-state index contributed by atoms with van der Waals surface area (Å²) in [7, 11) is 2.11. The topological polar surface area (TPSA) is 121 Å². The standard InChI is InChI=1S/C25H36N6O4.C7H16.C2H6/c1-7-35-24(34)27-21-19(15-31(17(3)32)25(21,4)5)22(26)28-23(33)18-8-9-20(16(2)14-18)30-12-10-29(6)11-13-30;1-5-6-7(2,3)4;1-2/h8-9,14H,7,10-13,15H2,1-6H3,(H,27,34)(H2,26,28,33);5-6H2,1-4H3;1-2H3. The fourth-order valence-electron chi connectivity index (χ4n) is 5.33. The van der Waals surface area contributed by atoms with Gasteiger partial charge in [0, 0.05) is 49.9 Å². The molecule has 1 aromatic carbocycles. The second-order valence-electron chi connectivity index (χ2n) is 12.8. The van der Waals surface area contributed by atoms with Crippen LogP contribution in [-0.2, 0) is 9.53 Å². The maximum atomic E-state index is 13.0. The molecular formula is C34H58N6O4. The lowest BCUT2D eigenvalue weighted by Gasteiger charge is -2.35. The Balaban J connectivity index is 0.000000945. The molecule has 0 aliphatic carbocycles. The normalized spacial score (nSPS) is 16.9. The first-order chi connectivity index (χ1) is 20.5. The van der Waals surface area contributed by atoms with Crippen molar-refractivity contribution < 1.29 is 19.1 Å². The van der Waals surface area contributed by atoms with Crippen molar-refractivity contribution in [3.05, 3.63) is 40.6 Å². The summed E-state index contributed by atoms with van der Waals surface area (Å²) in [5, 5.41) is 2.70. The number of benzene rings is 1. The van der Waals surface area contributed by atoms with Crippen LogP contribution in [0.25, 0.3) is 0 Å². The molecule has 1 saturated heterocycles. The van der Waals surface area contributed by atoms with Gasteiger partial charge in [-0.25, -0.2) is 4.79 Å². The number of nitrogens with two attached hydrogens (primary N) is 1. The summed E-state index contributed by atoms with van der Waals surface area (Å²) in [5.74, 6) is -0.723. The number of nitrogens with one attached hydrogen (secondary N) is 1. The predicted octanol–water partition coefficient (Wildman–Crippen LogP) is 5.74. The molecule has 3 rings (SSSR count). The minimum Gasteiger partial charge on any atom is -0.450 e. The van der Waals surface area contributed by atoms with Gasteiger partial charge in [-0.3, -0.25) is 14.9 Å². The van der Waals surface area contributed by atoms with E-state index >= 15 is 0 Å². The van der Waals surface area contributed by atoms with Crippen LogP contribution in [0, 0.1) is 12.3 Å². The highest BCUT2D eigenvalue weighted by atomic mass is 16.5. The van der Waals surface area contributed by atoms with E-state index < -0.39 is 17.5 Å². The number of carbonyl (C=O) groups is 3. The van der Waals surface area contributed by atoms with E-state index in [-0.39, 0.29) is 24.9 Å². The lowest BCUT2D eigenvalue weighted by atomic mass is 9.91. The van der Waals surface area contributed by atoms with E-state index in [1.54, 1.807) is 31.7 Å². The van der Waals surface area contributed by atoms with Crippen LogP contribution >= 0.6 is 0 Å². The second-order valence-corrected chi connectivity index (χ2v) is 12.8. The average molecular weight is 615 g/mol. The molecule has 2 heterocycles. The maximum Gasteiger partial charge on any atom is 0.411 e. The van der Waals surface area contributed by atoms with Gasteiger partial charge in [0.2, 0.25) is 5.91 Å². The SMILES string of the molecule is CC.CCCC(C)(C)C.CCOC(=O)NC1=C(C(N)=NC(=O)c2ccc(N3CCN(C)CC3)c(C)c2)CN(C(C)=O)C1(C)C. The van der Waals surface area contributed by atoms with E-state index in [1.165, 1.54) is 19.8 Å². The summed E-state index contributed by atoms with van der Waals surface area (Å²) in [4.78, 5) is 47.7. The van der Waals surface area contributed by atoms with Crippen molar-refractivity contribution in [3.8, 4) is 0 Å². The van der Waals surface area contributed by atoms with Crippen molar-refractivity contribution in [1.82, 2.24) is 15.1 Å². The molecule has 2 aliphatic heterocycles. The third-order valence-electron chi connectivity index (χ3n) is 7.61. The quantitative estimate of drug-likeness (QED) is 0.310. The fraction of sp³-hybridized carbons (Fsp3) is 0.647. The Labute approximate surface area is 266 Å². The average Bonchev–Trinajstić information content (AvgIpc) is 3.20. The van der Waals surface area contributed by atoms with Gasteiger partial charge in [-0.15, -0.1) is 0 Å². The first-order valence-electron chi connectivity index (χ1n) is 15.9. The summed E-state index contributed by atoms with van der Waals surface area (Å²) in [5.41, 5.74) is 9.27. The Bertz CT molecular complexity index is 1190. The predicted molar refractivity (Wildman–Crippen MR) is 181 cm³/mol. The van der Waals surface area contributed by atoms with Crippen molar-refractivity contribution in [1.29, 1.82) is 0 Å². The molecular weight excluding hydrogens is 556 g/mol. The molecule has 0 bridgehead atoms. The van der Waals surface area contributed by atoms with Crippen LogP contribution < -0.4 is 16.0 Å². The highest BCUT2D eigenvalue weighted by molar-refractivity contribution is 6.10.